The molecule has 1 aromatic rings. The first-order valence-corrected chi connectivity index (χ1v) is 8.53. The molecule has 0 spiro atoms. The molecule has 3 aliphatic rings. The predicted molar refractivity (Wildman–Crippen MR) is 82.7 cm³/mol. The summed E-state index contributed by atoms with van der Waals surface area (Å²) < 4.78 is 25.9. The van der Waals surface area contributed by atoms with Gasteiger partial charge in [-0.25, -0.2) is 4.39 Å². The number of ether oxygens (including phenoxy) is 2. The minimum atomic E-state index is -0.465. The van der Waals surface area contributed by atoms with Crippen molar-refractivity contribution in [3.63, 3.8) is 0 Å². The number of hydrogen-bond acceptors (Lipinski definition) is 3. The Bertz CT molecular complexity index is 589. The highest BCUT2D eigenvalue weighted by Gasteiger charge is 2.47. The van der Waals surface area contributed by atoms with Crippen LogP contribution in [-0.2, 0) is 9.47 Å². The third-order valence-corrected chi connectivity index (χ3v) is 5.09. The predicted octanol–water partition coefficient (Wildman–Crippen LogP) is 2.62. The van der Waals surface area contributed by atoms with Crippen molar-refractivity contribution in [2.75, 3.05) is 19.8 Å². The fraction of sp³-hybridized carbons (Fsp3) is 0.611. The van der Waals surface area contributed by atoms with Gasteiger partial charge in [0.2, 0.25) is 0 Å². The molecule has 2 heterocycles. The van der Waals surface area contributed by atoms with Gasteiger partial charge >= 0.3 is 0 Å². The van der Waals surface area contributed by atoms with Crippen LogP contribution in [-0.4, -0.2) is 48.8 Å². The topological polar surface area (TPSA) is 38.8 Å². The minimum Gasteiger partial charge on any atom is -0.373 e. The van der Waals surface area contributed by atoms with Gasteiger partial charge in [0, 0.05) is 13.2 Å². The van der Waals surface area contributed by atoms with Crippen LogP contribution in [0.2, 0.25) is 0 Å². The van der Waals surface area contributed by atoms with Crippen molar-refractivity contribution < 1.29 is 18.7 Å². The largest absolute Gasteiger partial charge is 0.373 e. The van der Waals surface area contributed by atoms with Crippen molar-refractivity contribution >= 4 is 5.91 Å². The average Bonchev–Trinajstić information content (AvgIpc) is 3.33. The lowest BCUT2D eigenvalue weighted by Crippen LogP contribution is -2.44. The summed E-state index contributed by atoms with van der Waals surface area (Å²) in [5, 5.41) is 0. The number of carbonyl (C=O) groups excluding carboxylic acids is 1. The molecule has 4 nitrogen and oxygen atoms in total. The van der Waals surface area contributed by atoms with Crippen LogP contribution in [0, 0.1) is 11.7 Å². The summed E-state index contributed by atoms with van der Waals surface area (Å²) in [7, 11) is 0. The zero-order valence-electron chi connectivity index (χ0n) is 13.1. The fourth-order valence-electron chi connectivity index (χ4n) is 3.62. The van der Waals surface area contributed by atoms with Crippen molar-refractivity contribution in [1.82, 2.24) is 4.90 Å². The van der Waals surface area contributed by atoms with Gasteiger partial charge in [0.1, 0.15) is 18.0 Å². The number of fused-ring (bicyclic) bond motifs is 1. The molecule has 1 aromatic carbocycles. The smallest absolute Gasteiger partial charge is 0.257 e. The van der Waals surface area contributed by atoms with E-state index >= 15 is 0 Å². The minimum absolute atomic E-state index is 0.0000548. The molecule has 1 amide bonds. The van der Waals surface area contributed by atoms with Gasteiger partial charge in [0.15, 0.2) is 0 Å². The zero-order valence-corrected chi connectivity index (χ0v) is 13.1. The standard InChI is InChI=1S/C18H22FNO3/c19-14-5-2-1-4-13(14)18(21)20-10-16(23-11-12-7-8-12)17-15(20)6-3-9-22-17/h1-2,4-5,12,15-17H,3,6-11H2/t15-,16+,17+/m0/s1. The Morgan fingerprint density at radius 2 is 2.13 bits per heavy atom. The molecule has 3 fully saturated rings. The monoisotopic (exact) mass is 319 g/mol. The molecule has 2 aliphatic heterocycles. The van der Waals surface area contributed by atoms with E-state index in [0.29, 0.717) is 19.1 Å². The Labute approximate surface area is 135 Å². The molecule has 4 rings (SSSR count). The number of halogens is 1. The molecule has 0 aromatic heterocycles. The van der Waals surface area contributed by atoms with Gasteiger partial charge in [-0.1, -0.05) is 12.1 Å². The highest BCUT2D eigenvalue weighted by Crippen LogP contribution is 2.34. The van der Waals surface area contributed by atoms with E-state index in [9.17, 15) is 9.18 Å². The molecular weight excluding hydrogens is 297 g/mol. The molecule has 0 bridgehead atoms. The van der Waals surface area contributed by atoms with E-state index in [2.05, 4.69) is 0 Å². The van der Waals surface area contributed by atoms with E-state index in [0.717, 1.165) is 19.4 Å². The van der Waals surface area contributed by atoms with E-state index in [-0.39, 0.29) is 29.7 Å². The van der Waals surface area contributed by atoms with Gasteiger partial charge < -0.3 is 14.4 Å². The second kappa shape index (κ2) is 6.21. The Kier molecular flexibility index (Phi) is 4.07. The summed E-state index contributed by atoms with van der Waals surface area (Å²) in [6.45, 7) is 1.96. The number of likely N-dealkylation sites (tertiary alicyclic amines) is 1. The van der Waals surface area contributed by atoms with Crippen molar-refractivity contribution in [2.24, 2.45) is 5.92 Å². The molecule has 23 heavy (non-hydrogen) atoms. The Morgan fingerprint density at radius 1 is 1.30 bits per heavy atom. The highest BCUT2D eigenvalue weighted by molar-refractivity contribution is 5.95. The first-order chi connectivity index (χ1) is 11.2. The number of amides is 1. The normalized spacial score (nSPS) is 30.3. The second-order valence-corrected chi connectivity index (χ2v) is 6.80. The average molecular weight is 319 g/mol. The van der Waals surface area contributed by atoms with Crippen molar-refractivity contribution in [3.05, 3.63) is 35.6 Å². The molecule has 1 saturated carbocycles. The maximum absolute atomic E-state index is 14.0. The Hall–Kier alpha value is -1.46. The van der Waals surface area contributed by atoms with Crippen LogP contribution in [0.3, 0.4) is 0 Å². The van der Waals surface area contributed by atoms with E-state index in [1.807, 2.05) is 0 Å². The van der Waals surface area contributed by atoms with E-state index in [1.54, 1.807) is 23.1 Å². The molecule has 0 radical (unpaired) electrons. The first-order valence-electron chi connectivity index (χ1n) is 8.53. The maximum atomic E-state index is 14.0. The summed E-state index contributed by atoms with van der Waals surface area (Å²) in [4.78, 5) is 14.6. The molecule has 124 valence electrons. The number of rotatable bonds is 4. The van der Waals surface area contributed by atoms with Crippen molar-refractivity contribution in [3.8, 4) is 0 Å². The lowest BCUT2D eigenvalue weighted by atomic mass is 10.0. The lowest BCUT2D eigenvalue weighted by Gasteiger charge is -2.32. The van der Waals surface area contributed by atoms with Crippen molar-refractivity contribution in [1.29, 1.82) is 0 Å². The van der Waals surface area contributed by atoms with Crippen LogP contribution in [0.5, 0.6) is 0 Å². The first kappa shape index (κ1) is 15.1. The number of benzene rings is 1. The van der Waals surface area contributed by atoms with Gasteiger partial charge in [-0.2, -0.15) is 0 Å². The van der Waals surface area contributed by atoms with Gasteiger partial charge in [-0.15, -0.1) is 0 Å². The maximum Gasteiger partial charge on any atom is 0.257 e. The van der Waals surface area contributed by atoms with Crippen LogP contribution in [0.15, 0.2) is 24.3 Å². The SMILES string of the molecule is O=C(c1ccccc1F)N1C[C@@H](OCC2CC2)[C@@H]2OCCC[C@@H]21. The summed E-state index contributed by atoms with van der Waals surface area (Å²) in [5.41, 5.74) is 0.139. The zero-order chi connectivity index (χ0) is 15.8. The Balaban J connectivity index is 1.52. The Morgan fingerprint density at radius 3 is 2.91 bits per heavy atom. The number of hydrogen-bond donors (Lipinski definition) is 0. The summed E-state index contributed by atoms with van der Waals surface area (Å²) in [6.07, 6.45) is 4.14. The van der Waals surface area contributed by atoms with E-state index < -0.39 is 5.82 Å². The molecule has 1 aliphatic carbocycles. The van der Waals surface area contributed by atoms with Crippen LogP contribution in [0.1, 0.15) is 36.0 Å². The quantitative estimate of drug-likeness (QED) is 0.856. The van der Waals surface area contributed by atoms with Crippen molar-refractivity contribution in [2.45, 2.75) is 43.9 Å². The van der Waals surface area contributed by atoms with Crippen LogP contribution >= 0.6 is 0 Å². The van der Waals surface area contributed by atoms with Crippen LogP contribution in [0.4, 0.5) is 4.39 Å². The molecular formula is C18H22FNO3. The lowest BCUT2D eigenvalue weighted by molar-refractivity contribution is -0.0781. The molecule has 2 saturated heterocycles. The number of nitrogens with zero attached hydrogens (tertiary/aromatic N) is 1. The summed E-state index contributed by atoms with van der Waals surface area (Å²) in [6, 6.07) is 6.18. The highest BCUT2D eigenvalue weighted by atomic mass is 19.1. The second-order valence-electron chi connectivity index (χ2n) is 6.80. The third kappa shape index (κ3) is 3.00. The van der Waals surface area contributed by atoms with E-state index in [4.69, 9.17) is 9.47 Å². The van der Waals surface area contributed by atoms with Gasteiger partial charge in [0.05, 0.1) is 18.2 Å². The fourth-order valence-corrected chi connectivity index (χ4v) is 3.62. The summed E-state index contributed by atoms with van der Waals surface area (Å²) >= 11 is 0. The van der Waals surface area contributed by atoms with Crippen LogP contribution < -0.4 is 0 Å². The van der Waals surface area contributed by atoms with Gasteiger partial charge in [-0.3, -0.25) is 4.79 Å². The van der Waals surface area contributed by atoms with Gasteiger partial charge in [-0.05, 0) is 43.7 Å². The molecule has 0 unspecified atom stereocenters. The number of carbonyl (C=O) groups is 1. The molecule has 3 atom stereocenters. The summed E-state index contributed by atoms with van der Waals surface area (Å²) in [5.74, 6) is -0.0393. The molecule has 0 N–H and O–H groups in total. The van der Waals surface area contributed by atoms with Crippen LogP contribution in [0.25, 0.3) is 0 Å². The van der Waals surface area contributed by atoms with E-state index in [1.165, 1.54) is 18.9 Å². The van der Waals surface area contributed by atoms with Gasteiger partial charge in [0.25, 0.3) is 5.91 Å². The molecule has 5 heteroatoms. The third-order valence-electron chi connectivity index (χ3n) is 5.09.